The molecule has 1 fully saturated rings. The van der Waals surface area contributed by atoms with Crippen molar-refractivity contribution in [2.45, 2.75) is 71.3 Å². The van der Waals surface area contributed by atoms with E-state index in [9.17, 15) is 9.59 Å². The van der Waals surface area contributed by atoms with Crippen LogP contribution in [0.5, 0.6) is 0 Å². The Morgan fingerprint density at radius 2 is 1.81 bits per heavy atom. The summed E-state index contributed by atoms with van der Waals surface area (Å²) in [6, 6.07) is 7.16. The molecule has 1 aromatic carbocycles. The van der Waals surface area contributed by atoms with Gasteiger partial charge in [-0.2, -0.15) is 10.2 Å². The summed E-state index contributed by atoms with van der Waals surface area (Å²) >= 11 is 0. The van der Waals surface area contributed by atoms with Crippen molar-refractivity contribution in [2.75, 3.05) is 0 Å². The minimum atomic E-state index is -0.354. The van der Waals surface area contributed by atoms with Crippen LogP contribution in [0.15, 0.2) is 34.2 Å². The van der Waals surface area contributed by atoms with Gasteiger partial charge in [0.05, 0.1) is 5.39 Å². The number of hydrazone groups is 1. The first-order valence-corrected chi connectivity index (χ1v) is 10.1. The summed E-state index contributed by atoms with van der Waals surface area (Å²) in [5.41, 5.74) is 3.84. The van der Waals surface area contributed by atoms with Crippen LogP contribution in [0.1, 0.15) is 75.2 Å². The average Bonchev–Trinajstić information content (AvgIpc) is 2.97. The highest BCUT2D eigenvalue weighted by Crippen LogP contribution is 2.16. The number of rotatable bonds is 6. The van der Waals surface area contributed by atoms with E-state index in [2.05, 4.69) is 22.5 Å². The Labute approximate surface area is 159 Å². The van der Waals surface area contributed by atoms with Crippen molar-refractivity contribution in [1.29, 1.82) is 0 Å². The Bertz CT molecular complexity index is 875. The predicted molar refractivity (Wildman–Crippen MR) is 108 cm³/mol. The summed E-state index contributed by atoms with van der Waals surface area (Å²) in [6.45, 7) is 2.63. The Kier molecular flexibility index (Phi) is 6.74. The molecule has 2 aromatic rings. The third-order valence-corrected chi connectivity index (χ3v) is 5.05. The molecule has 1 amide bonds. The third-order valence-electron chi connectivity index (χ3n) is 5.05. The zero-order chi connectivity index (χ0) is 19.1. The molecule has 1 N–H and O–H groups in total. The van der Waals surface area contributed by atoms with Crippen LogP contribution in [0.25, 0.3) is 10.8 Å². The third kappa shape index (κ3) is 4.81. The largest absolute Gasteiger partial charge is 0.292 e. The number of hydrogen-bond donors (Lipinski definition) is 1. The van der Waals surface area contributed by atoms with Crippen LogP contribution < -0.4 is 11.0 Å². The molecule has 0 atom stereocenters. The van der Waals surface area contributed by atoms with Gasteiger partial charge in [-0.25, -0.2) is 10.1 Å². The lowest BCUT2D eigenvalue weighted by Crippen LogP contribution is -2.29. The van der Waals surface area contributed by atoms with Crippen LogP contribution in [0.3, 0.4) is 0 Å². The minimum Gasteiger partial charge on any atom is -0.267 e. The maximum absolute atomic E-state index is 12.8. The zero-order valence-corrected chi connectivity index (χ0v) is 16.0. The van der Waals surface area contributed by atoms with Gasteiger partial charge in [0.25, 0.3) is 11.5 Å². The second-order valence-electron chi connectivity index (χ2n) is 7.16. The fourth-order valence-electron chi connectivity index (χ4n) is 3.50. The Morgan fingerprint density at radius 3 is 2.52 bits per heavy atom. The monoisotopic (exact) mass is 368 g/mol. The van der Waals surface area contributed by atoms with E-state index in [-0.39, 0.29) is 17.2 Å². The fourth-order valence-corrected chi connectivity index (χ4v) is 3.50. The number of aromatic nitrogens is 2. The van der Waals surface area contributed by atoms with Crippen molar-refractivity contribution in [2.24, 2.45) is 5.10 Å². The van der Waals surface area contributed by atoms with Gasteiger partial charge in [-0.3, -0.25) is 9.59 Å². The number of benzene rings is 1. The first-order valence-electron chi connectivity index (χ1n) is 10.1. The van der Waals surface area contributed by atoms with Crippen LogP contribution in [0.4, 0.5) is 0 Å². The van der Waals surface area contributed by atoms with E-state index < -0.39 is 0 Å². The Balaban J connectivity index is 1.89. The number of unbranched alkanes of at least 4 members (excludes halogenated alkanes) is 2. The van der Waals surface area contributed by atoms with E-state index in [0.717, 1.165) is 50.7 Å². The molecule has 1 aliphatic carbocycles. The molecule has 0 aliphatic heterocycles. The number of carbonyl (C=O) groups excluding carboxylic acids is 1. The number of fused-ring (bicyclic) bond motifs is 1. The highest BCUT2D eigenvalue weighted by molar-refractivity contribution is 6.05. The van der Waals surface area contributed by atoms with Gasteiger partial charge >= 0.3 is 0 Å². The molecular formula is C21H28N4O2. The van der Waals surface area contributed by atoms with Crippen LogP contribution in [0.2, 0.25) is 0 Å². The van der Waals surface area contributed by atoms with Crippen molar-refractivity contribution < 1.29 is 4.79 Å². The molecule has 0 radical (unpaired) electrons. The molecule has 0 spiro atoms. The lowest BCUT2D eigenvalue weighted by molar-refractivity contribution is 0.0949. The number of nitrogens with one attached hydrogen (secondary N) is 1. The van der Waals surface area contributed by atoms with E-state index in [0.29, 0.717) is 17.3 Å². The summed E-state index contributed by atoms with van der Waals surface area (Å²) in [6.07, 6.45) is 9.52. The molecule has 27 heavy (non-hydrogen) atoms. The summed E-state index contributed by atoms with van der Waals surface area (Å²) in [7, 11) is 0. The molecule has 6 heteroatoms. The molecule has 3 rings (SSSR count). The molecule has 0 saturated heterocycles. The van der Waals surface area contributed by atoms with Gasteiger partial charge in [0.2, 0.25) is 0 Å². The summed E-state index contributed by atoms with van der Waals surface area (Å²) in [4.78, 5) is 25.5. The number of nitrogens with zero attached hydrogens (tertiary/aromatic N) is 3. The minimum absolute atomic E-state index is 0.145. The molecule has 0 bridgehead atoms. The molecule has 1 aromatic heterocycles. The maximum Gasteiger partial charge on any atom is 0.292 e. The molecule has 0 unspecified atom stereocenters. The van der Waals surface area contributed by atoms with E-state index >= 15 is 0 Å². The summed E-state index contributed by atoms with van der Waals surface area (Å²) in [5, 5.41) is 9.82. The van der Waals surface area contributed by atoms with Gasteiger partial charge in [-0.15, -0.1) is 0 Å². The topological polar surface area (TPSA) is 76.3 Å². The van der Waals surface area contributed by atoms with Crippen molar-refractivity contribution in [3.8, 4) is 0 Å². The molecule has 6 nitrogen and oxygen atoms in total. The lowest BCUT2D eigenvalue weighted by Gasteiger charge is -2.10. The van der Waals surface area contributed by atoms with Gasteiger partial charge in [0, 0.05) is 17.6 Å². The smallest absolute Gasteiger partial charge is 0.267 e. The van der Waals surface area contributed by atoms with E-state index in [1.54, 1.807) is 12.1 Å². The van der Waals surface area contributed by atoms with Gasteiger partial charge in [0.15, 0.2) is 5.69 Å². The van der Waals surface area contributed by atoms with Crippen LogP contribution in [-0.2, 0) is 6.54 Å². The number of aryl methyl sites for hydroxylation is 1. The average molecular weight is 368 g/mol. The molecule has 144 valence electrons. The van der Waals surface area contributed by atoms with Crippen molar-refractivity contribution in [3.05, 3.63) is 40.3 Å². The SMILES string of the molecule is CCCCCn1nc(C(=O)NN=C2CCCCCC2)c2ccccc2c1=O. The Morgan fingerprint density at radius 1 is 1.11 bits per heavy atom. The number of amides is 1. The first kappa shape index (κ1) is 19.3. The normalized spacial score (nSPS) is 14.8. The molecule has 1 aliphatic rings. The van der Waals surface area contributed by atoms with Gasteiger partial charge in [-0.05, 0) is 38.2 Å². The summed E-state index contributed by atoms with van der Waals surface area (Å²) in [5.74, 6) is -0.354. The van der Waals surface area contributed by atoms with E-state index in [1.165, 1.54) is 17.5 Å². The number of carbonyl (C=O) groups is 1. The van der Waals surface area contributed by atoms with Gasteiger partial charge in [0.1, 0.15) is 0 Å². The molecular weight excluding hydrogens is 340 g/mol. The van der Waals surface area contributed by atoms with E-state index in [1.807, 2.05) is 12.1 Å². The number of hydrogen-bond acceptors (Lipinski definition) is 4. The standard InChI is InChI=1S/C21H28N4O2/c1-2-3-10-15-25-21(27)18-14-9-8-13-17(18)19(24-25)20(26)23-22-16-11-6-4-5-7-12-16/h8-9,13-14H,2-7,10-12,15H2,1H3,(H,23,26). The Hall–Kier alpha value is -2.50. The second-order valence-corrected chi connectivity index (χ2v) is 7.16. The molecule has 1 heterocycles. The maximum atomic E-state index is 12.8. The van der Waals surface area contributed by atoms with Crippen LogP contribution in [-0.4, -0.2) is 21.4 Å². The lowest BCUT2D eigenvalue weighted by atomic mass is 10.1. The zero-order valence-electron chi connectivity index (χ0n) is 16.0. The molecule has 1 saturated carbocycles. The summed E-state index contributed by atoms with van der Waals surface area (Å²) < 4.78 is 1.42. The highest BCUT2D eigenvalue weighted by atomic mass is 16.2. The first-order chi connectivity index (χ1) is 13.2. The van der Waals surface area contributed by atoms with Crippen molar-refractivity contribution in [1.82, 2.24) is 15.2 Å². The van der Waals surface area contributed by atoms with Gasteiger partial charge in [-0.1, -0.05) is 50.8 Å². The predicted octanol–water partition coefficient (Wildman–Crippen LogP) is 4.03. The quantitative estimate of drug-likeness (QED) is 0.475. The van der Waals surface area contributed by atoms with E-state index in [4.69, 9.17) is 0 Å². The van der Waals surface area contributed by atoms with Crippen molar-refractivity contribution in [3.63, 3.8) is 0 Å². The van der Waals surface area contributed by atoms with Gasteiger partial charge < -0.3 is 0 Å². The van der Waals surface area contributed by atoms with Crippen LogP contribution in [0, 0.1) is 0 Å². The van der Waals surface area contributed by atoms with Crippen molar-refractivity contribution >= 4 is 22.4 Å². The second kappa shape index (κ2) is 9.44. The fraction of sp³-hybridized carbons (Fsp3) is 0.524. The highest BCUT2D eigenvalue weighted by Gasteiger charge is 2.16. The van der Waals surface area contributed by atoms with Crippen LogP contribution >= 0.6 is 0 Å².